The minimum Gasteiger partial charge on any atom is -0.297 e. The van der Waals surface area contributed by atoms with E-state index in [0.29, 0.717) is 0 Å². The highest BCUT2D eigenvalue weighted by atomic mass is 32.2. The first-order valence-electron chi connectivity index (χ1n) is 2.29. The first-order valence-corrected chi connectivity index (χ1v) is 3.27. The number of carbonyl (C=O) groups is 1. The lowest BCUT2D eigenvalue weighted by molar-refractivity contribution is -0.122. The molecule has 0 aliphatic heterocycles. The largest absolute Gasteiger partial charge is 0.345 e. The zero-order valence-electron chi connectivity index (χ0n) is 5.09. The Balaban J connectivity index is 3.63. The van der Waals surface area contributed by atoms with Gasteiger partial charge in [0.2, 0.25) is 0 Å². The van der Waals surface area contributed by atoms with Crippen molar-refractivity contribution >= 4 is 17.2 Å². The number of Topliss-reactive ketones (excluding diaryl/α,β-unsaturated/α-hetero) is 1. The molecule has 0 heterocycles. The van der Waals surface area contributed by atoms with E-state index in [1.54, 1.807) is 0 Å². The molecule has 0 spiro atoms. The van der Waals surface area contributed by atoms with Crippen LogP contribution in [0.1, 0.15) is 13.8 Å². The molecular weight excluding hydrogens is 147 g/mol. The predicted octanol–water partition coefficient (Wildman–Crippen LogP) is 0.529. The minimum atomic E-state index is -2.84. The van der Waals surface area contributed by atoms with Crippen LogP contribution in [0.4, 0.5) is 3.89 Å². The van der Waals surface area contributed by atoms with E-state index in [2.05, 4.69) is 4.18 Å². The molecule has 0 rings (SSSR count). The van der Waals surface area contributed by atoms with Crippen molar-refractivity contribution in [3.63, 3.8) is 0 Å². The zero-order chi connectivity index (χ0) is 7.44. The average molecular weight is 154 g/mol. The molecule has 0 N–H and O–H groups in total. The molecule has 5 heteroatoms. The second-order valence-electron chi connectivity index (χ2n) is 1.54. The van der Waals surface area contributed by atoms with Gasteiger partial charge in [0.15, 0.2) is 5.78 Å². The van der Waals surface area contributed by atoms with Gasteiger partial charge in [0, 0.05) is 0 Å². The van der Waals surface area contributed by atoms with Crippen molar-refractivity contribution in [1.29, 1.82) is 0 Å². The summed E-state index contributed by atoms with van der Waals surface area (Å²) < 4.78 is 25.0. The maximum atomic E-state index is 11.4. The number of hydrogen-bond acceptors (Lipinski definition) is 3. The summed E-state index contributed by atoms with van der Waals surface area (Å²) >= 11 is -2.84. The number of carbonyl (C=O) groups excluding carboxylic acids is 1. The highest BCUT2D eigenvalue weighted by Gasteiger charge is 2.10. The van der Waals surface area contributed by atoms with Crippen LogP contribution in [-0.2, 0) is 20.4 Å². The number of ketones is 1. The van der Waals surface area contributed by atoms with Crippen molar-refractivity contribution < 1.29 is 17.1 Å². The molecule has 3 nitrogen and oxygen atoms in total. The van der Waals surface area contributed by atoms with E-state index in [4.69, 9.17) is 0 Å². The zero-order valence-corrected chi connectivity index (χ0v) is 5.90. The molecule has 0 amide bonds. The van der Waals surface area contributed by atoms with Crippen molar-refractivity contribution in [3.8, 4) is 0 Å². The van der Waals surface area contributed by atoms with Crippen LogP contribution < -0.4 is 0 Å². The SMILES string of the molecule is CC(=O)C(C)OS(=O)F. The van der Waals surface area contributed by atoms with E-state index in [-0.39, 0.29) is 5.78 Å². The lowest BCUT2D eigenvalue weighted by Gasteiger charge is -2.00. The Labute approximate surface area is 55.2 Å². The van der Waals surface area contributed by atoms with Crippen molar-refractivity contribution in [2.24, 2.45) is 0 Å². The van der Waals surface area contributed by atoms with E-state index < -0.39 is 17.6 Å². The van der Waals surface area contributed by atoms with Gasteiger partial charge >= 0.3 is 11.5 Å². The maximum absolute atomic E-state index is 11.4. The molecule has 2 unspecified atom stereocenters. The van der Waals surface area contributed by atoms with E-state index in [1.165, 1.54) is 13.8 Å². The summed E-state index contributed by atoms with van der Waals surface area (Å²) in [6.45, 7) is 2.57. The fourth-order valence-electron chi connectivity index (χ4n) is 0.181. The van der Waals surface area contributed by atoms with E-state index >= 15 is 0 Å². The van der Waals surface area contributed by atoms with Crippen LogP contribution >= 0.6 is 0 Å². The number of halogens is 1. The van der Waals surface area contributed by atoms with Crippen molar-refractivity contribution in [2.75, 3.05) is 0 Å². The van der Waals surface area contributed by atoms with Gasteiger partial charge in [-0.25, -0.2) is 0 Å². The van der Waals surface area contributed by atoms with Gasteiger partial charge in [0.05, 0.1) is 0 Å². The summed E-state index contributed by atoms with van der Waals surface area (Å²) in [5, 5.41) is 0. The van der Waals surface area contributed by atoms with Crippen LogP contribution in [0.5, 0.6) is 0 Å². The third kappa shape index (κ3) is 4.23. The van der Waals surface area contributed by atoms with E-state index in [0.717, 1.165) is 0 Å². The molecule has 0 bridgehead atoms. The third-order valence-corrected chi connectivity index (χ3v) is 1.23. The van der Waals surface area contributed by atoms with Gasteiger partial charge in [-0.1, -0.05) is 0 Å². The Morgan fingerprint density at radius 1 is 1.78 bits per heavy atom. The molecular formula is C4H7FO3S. The summed E-state index contributed by atoms with van der Waals surface area (Å²) in [4.78, 5) is 10.3. The second-order valence-corrected chi connectivity index (χ2v) is 2.12. The monoisotopic (exact) mass is 154 g/mol. The topological polar surface area (TPSA) is 43.4 Å². The third-order valence-electron chi connectivity index (χ3n) is 0.792. The van der Waals surface area contributed by atoms with Crippen LogP contribution in [0, 0.1) is 0 Å². The van der Waals surface area contributed by atoms with Gasteiger partial charge < -0.3 is 0 Å². The highest BCUT2D eigenvalue weighted by Crippen LogP contribution is 1.96. The fraction of sp³-hybridized carbons (Fsp3) is 0.750. The molecule has 0 aromatic carbocycles. The van der Waals surface area contributed by atoms with Gasteiger partial charge in [-0.15, -0.1) is 3.89 Å². The molecule has 0 fully saturated rings. The molecule has 0 aliphatic carbocycles. The Morgan fingerprint density at radius 3 is 2.33 bits per heavy atom. The molecule has 0 aromatic heterocycles. The van der Waals surface area contributed by atoms with Crippen molar-refractivity contribution in [3.05, 3.63) is 0 Å². The van der Waals surface area contributed by atoms with Gasteiger partial charge in [0.1, 0.15) is 6.10 Å². The van der Waals surface area contributed by atoms with E-state index in [1.807, 2.05) is 0 Å². The standard InChI is InChI=1S/C4H7FO3S/c1-3(6)4(2)8-9(5)7/h4H,1-2H3. The predicted molar refractivity (Wildman–Crippen MR) is 30.5 cm³/mol. The number of rotatable bonds is 3. The Bertz CT molecular complexity index is 136. The summed E-state index contributed by atoms with van der Waals surface area (Å²) in [5.74, 6) is -0.346. The molecule has 0 aromatic rings. The summed E-state index contributed by atoms with van der Waals surface area (Å²) in [6, 6.07) is 0. The van der Waals surface area contributed by atoms with E-state index in [9.17, 15) is 12.9 Å². The highest BCUT2D eigenvalue weighted by molar-refractivity contribution is 7.74. The summed E-state index contributed by atoms with van der Waals surface area (Å²) in [6.07, 6.45) is -0.921. The second kappa shape index (κ2) is 3.68. The lowest BCUT2D eigenvalue weighted by Crippen LogP contribution is -2.16. The average Bonchev–Trinajstić information content (AvgIpc) is 1.63. The van der Waals surface area contributed by atoms with Gasteiger partial charge in [-0.3, -0.25) is 8.98 Å². The fourth-order valence-corrected chi connectivity index (χ4v) is 0.544. The van der Waals surface area contributed by atoms with Gasteiger partial charge in [0.25, 0.3) is 0 Å². The van der Waals surface area contributed by atoms with Crippen LogP contribution in [0.25, 0.3) is 0 Å². The first kappa shape index (κ1) is 8.71. The lowest BCUT2D eigenvalue weighted by atomic mass is 10.3. The summed E-state index contributed by atoms with van der Waals surface area (Å²) in [5.41, 5.74) is 0. The quantitative estimate of drug-likeness (QED) is 0.557. The smallest absolute Gasteiger partial charge is 0.297 e. The van der Waals surface area contributed by atoms with Crippen molar-refractivity contribution in [2.45, 2.75) is 20.0 Å². The first-order chi connectivity index (χ1) is 4.04. The maximum Gasteiger partial charge on any atom is 0.345 e. The molecule has 0 saturated heterocycles. The number of hydrogen-bond donors (Lipinski definition) is 0. The summed E-state index contributed by atoms with van der Waals surface area (Å²) in [7, 11) is 0. The minimum absolute atomic E-state index is 0.346. The van der Waals surface area contributed by atoms with Gasteiger partial charge in [-0.05, 0) is 13.8 Å². The normalized spacial score (nSPS) is 16.8. The molecule has 2 atom stereocenters. The molecule has 0 radical (unpaired) electrons. The van der Waals surface area contributed by atoms with Crippen molar-refractivity contribution in [1.82, 2.24) is 0 Å². The molecule has 9 heavy (non-hydrogen) atoms. The Hall–Kier alpha value is -0.290. The Kier molecular flexibility index (Phi) is 3.56. The molecule has 54 valence electrons. The van der Waals surface area contributed by atoms with Crippen LogP contribution in [0.3, 0.4) is 0 Å². The van der Waals surface area contributed by atoms with Crippen LogP contribution in [-0.4, -0.2) is 16.1 Å². The van der Waals surface area contributed by atoms with Gasteiger partial charge in [-0.2, -0.15) is 4.21 Å². The molecule has 0 aliphatic rings. The van der Waals surface area contributed by atoms with Crippen LogP contribution in [0.2, 0.25) is 0 Å². The Morgan fingerprint density at radius 2 is 2.22 bits per heavy atom. The molecule has 0 saturated carbocycles. The van der Waals surface area contributed by atoms with Crippen LogP contribution in [0.15, 0.2) is 0 Å².